The maximum atomic E-state index is 14.5. The van der Waals surface area contributed by atoms with E-state index in [1.165, 1.54) is 13.0 Å². The van der Waals surface area contributed by atoms with Crippen LogP contribution in [0.2, 0.25) is 5.02 Å². The first kappa shape index (κ1) is 21.3. The van der Waals surface area contributed by atoms with Gasteiger partial charge < -0.3 is 14.7 Å². The average Bonchev–Trinajstić information content (AvgIpc) is 3.19. The molecule has 2 aromatic carbocycles. The van der Waals surface area contributed by atoms with E-state index in [1.807, 2.05) is 4.90 Å². The number of benzene rings is 2. The van der Waals surface area contributed by atoms with Gasteiger partial charge in [0.2, 0.25) is 5.91 Å². The lowest BCUT2D eigenvalue weighted by Crippen LogP contribution is -2.49. The molecular weight excluding hydrogens is 421 g/mol. The van der Waals surface area contributed by atoms with E-state index in [1.54, 1.807) is 40.1 Å². The lowest BCUT2D eigenvalue weighted by molar-refractivity contribution is -0.117. The Balaban J connectivity index is 1.49. The quantitative estimate of drug-likeness (QED) is 0.675. The van der Waals surface area contributed by atoms with Crippen LogP contribution < -0.4 is 9.80 Å². The normalized spacial score (nSPS) is 16.7. The SMILES string of the molecule is CC(=O)c1ccc(N2CCN(C(=O)c3ccc(Cl)cc3N3CCCC3=O)CC2)c(F)c1. The molecule has 2 heterocycles. The number of anilines is 2. The molecule has 2 aliphatic heterocycles. The van der Waals surface area contributed by atoms with Crippen LogP contribution in [0.5, 0.6) is 0 Å². The maximum Gasteiger partial charge on any atom is 0.256 e. The highest BCUT2D eigenvalue weighted by Crippen LogP contribution is 2.30. The molecule has 0 aromatic heterocycles. The van der Waals surface area contributed by atoms with E-state index in [0.29, 0.717) is 66.7 Å². The van der Waals surface area contributed by atoms with Crippen molar-refractivity contribution in [2.75, 3.05) is 42.5 Å². The number of carbonyl (C=O) groups is 3. The van der Waals surface area contributed by atoms with E-state index < -0.39 is 5.82 Å². The highest BCUT2D eigenvalue weighted by atomic mass is 35.5. The fourth-order valence-electron chi connectivity index (χ4n) is 4.11. The van der Waals surface area contributed by atoms with Crippen LogP contribution >= 0.6 is 11.6 Å². The predicted octanol–water partition coefficient (Wildman–Crippen LogP) is 3.77. The van der Waals surface area contributed by atoms with E-state index in [4.69, 9.17) is 11.6 Å². The summed E-state index contributed by atoms with van der Waals surface area (Å²) in [6.45, 7) is 3.75. The van der Waals surface area contributed by atoms with Gasteiger partial charge in [0.15, 0.2) is 5.78 Å². The minimum absolute atomic E-state index is 0.00869. The number of hydrogen-bond acceptors (Lipinski definition) is 4. The number of amides is 2. The second kappa shape index (κ2) is 8.67. The van der Waals surface area contributed by atoms with E-state index in [9.17, 15) is 18.8 Å². The molecule has 2 fully saturated rings. The number of Topliss-reactive ketones (excluding diaryl/α,β-unsaturated/α-hetero) is 1. The Morgan fingerprint density at radius 1 is 0.968 bits per heavy atom. The second-order valence-electron chi connectivity index (χ2n) is 7.81. The minimum atomic E-state index is -0.444. The number of ketones is 1. The number of halogens is 2. The zero-order chi connectivity index (χ0) is 22.1. The first-order valence-electron chi connectivity index (χ1n) is 10.3. The Morgan fingerprint density at radius 3 is 2.32 bits per heavy atom. The smallest absolute Gasteiger partial charge is 0.256 e. The summed E-state index contributed by atoms with van der Waals surface area (Å²) in [6.07, 6.45) is 1.22. The van der Waals surface area contributed by atoms with E-state index in [0.717, 1.165) is 6.42 Å². The van der Waals surface area contributed by atoms with Crippen molar-refractivity contribution >= 4 is 40.6 Å². The molecule has 0 unspecified atom stereocenters. The summed E-state index contributed by atoms with van der Waals surface area (Å²) in [4.78, 5) is 42.1. The lowest BCUT2D eigenvalue weighted by atomic mass is 10.1. The molecule has 0 bridgehead atoms. The molecule has 0 atom stereocenters. The van der Waals surface area contributed by atoms with Gasteiger partial charge in [0, 0.05) is 49.7 Å². The highest BCUT2D eigenvalue weighted by molar-refractivity contribution is 6.31. The van der Waals surface area contributed by atoms with Crippen LogP contribution in [-0.2, 0) is 4.79 Å². The summed E-state index contributed by atoms with van der Waals surface area (Å²) >= 11 is 6.14. The Hall–Kier alpha value is -2.93. The van der Waals surface area contributed by atoms with E-state index in [-0.39, 0.29) is 17.6 Å². The Bertz CT molecular complexity index is 1050. The Morgan fingerprint density at radius 2 is 1.71 bits per heavy atom. The molecule has 0 saturated carbocycles. The van der Waals surface area contributed by atoms with Crippen molar-refractivity contribution in [2.24, 2.45) is 0 Å². The minimum Gasteiger partial charge on any atom is -0.366 e. The van der Waals surface area contributed by atoms with Gasteiger partial charge in [-0.2, -0.15) is 0 Å². The third kappa shape index (κ3) is 4.28. The molecule has 8 heteroatoms. The monoisotopic (exact) mass is 443 g/mol. The van der Waals surface area contributed by atoms with Crippen LogP contribution in [0, 0.1) is 5.82 Å². The molecule has 0 radical (unpaired) electrons. The van der Waals surface area contributed by atoms with Crippen LogP contribution in [0.4, 0.5) is 15.8 Å². The van der Waals surface area contributed by atoms with Gasteiger partial charge in [-0.25, -0.2) is 4.39 Å². The molecule has 2 saturated heterocycles. The first-order chi connectivity index (χ1) is 14.8. The summed E-state index contributed by atoms with van der Waals surface area (Å²) in [6, 6.07) is 9.47. The number of nitrogens with zero attached hydrogens (tertiary/aromatic N) is 3. The Labute approximate surface area is 185 Å². The zero-order valence-electron chi connectivity index (χ0n) is 17.2. The number of carbonyl (C=O) groups excluding carboxylic acids is 3. The van der Waals surface area contributed by atoms with E-state index >= 15 is 0 Å². The molecule has 31 heavy (non-hydrogen) atoms. The summed E-state index contributed by atoms with van der Waals surface area (Å²) in [7, 11) is 0. The van der Waals surface area contributed by atoms with Crippen molar-refractivity contribution in [1.29, 1.82) is 0 Å². The van der Waals surface area contributed by atoms with Crippen LogP contribution in [0.25, 0.3) is 0 Å². The third-order valence-electron chi connectivity index (χ3n) is 5.82. The van der Waals surface area contributed by atoms with Crippen molar-refractivity contribution in [3.8, 4) is 0 Å². The van der Waals surface area contributed by atoms with Gasteiger partial charge >= 0.3 is 0 Å². The van der Waals surface area contributed by atoms with Crippen molar-refractivity contribution in [1.82, 2.24) is 4.90 Å². The maximum absolute atomic E-state index is 14.5. The van der Waals surface area contributed by atoms with E-state index in [2.05, 4.69) is 0 Å². The van der Waals surface area contributed by atoms with Crippen molar-refractivity contribution < 1.29 is 18.8 Å². The molecular formula is C23H23ClFN3O3. The largest absolute Gasteiger partial charge is 0.366 e. The summed E-state index contributed by atoms with van der Waals surface area (Å²) < 4.78 is 14.5. The molecule has 6 nitrogen and oxygen atoms in total. The van der Waals surface area contributed by atoms with Crippen LogP contribution in [0.1, 0.15) is 40.5 Å². The molecule has 2 amide bonds. The summed E-state index contributed by atoms with van der Waals surface area (Å²) in [5.41, 5.74) is 1.76. The van der Waals surface area contributed by atoms with Gasteiger partial charge in [-0.15, -0.1) is 0 Å². The molecule has 2 aliphatic rings. The fourth-order valence-corrected chi connectivity index (χ4v) is 4.28. The molecule has 2 aromatic rings. The summed E-state index contributed by atoms with van der Waals surface area (Å²) in [5.74, 6) is -0.805. The average molecular weight is 444 g/mol. The van der Waals surface area contributed by atoms with Crippen LogP contribution in [0.15, 0.2) is 36.4 Å². The lowest BCUT2D eigenvalue weighted by Gasteiger charge is -2.36. The molecule has 0 aliphatic carbocycles. The van der Waals surface area contributed by atoms with Crippen molar-refractivity contribution in [2.45, 2.75) is 19.8 Å². The van der Waals surface area contributed by atoms with Gasteiger partial charge in [-0.1, -0.05) is 11.6 Å². The highest BCUT2D eigenvalue weighted by Gasteiger charge is 2.30. The van der Waals surface area contributed by atoms with Gasteiger partial charge in [0.05, 0.1) is 16.9 Å². The predicted molar refractivity (Wildman–Crippen MR) is 118 cm³/mol. The second-order valence-corrected chi connectivity index (χ2v) is 8.25. The van der Waals surface area contributed by atoms with Crippen molar-refractivity contribution in [3.05, 3.63) is 58.4 Å². The topological polar surface area (TPSA) is 60.9 Å². The number of piperazine rings is 1. The first-order valence-corrected chi connectivity index (χ1v) is 10.7. The zero-order valence-corrected chi connectivity index (χ0v) is 18.0. The van der Waals surface area contributed by atoms with Gasteiger partial charge in [-0.05, 0) is 49.7 Å². The third-order valence-corrected chi connectivity index (χ3v) is 6.05. The summed E-state index contributed by atoms with van der Waals surface area (Å²) in [5, 5.41) is 0.473. The Kier molecular flexibility index (Phi) is 5.96. The fraction of sp³-hybridized carbons (Fsp3) is 0.348. The molecule has 0 spiro atoms. The van der Waals surface area contributed by atoms with Crippen molar-refractivity contribution in [3.63, 3.8) is 0 Å². The molecule has 162 valence electrons. The standard InChI is InChI=1S/C23H23ClFN3O3/c1-15(29)16-4-7-20(19(25)13-16)26-9-11-27(12-10-26)23(31)18-6-5-17(24)14-21(18)28-8-2-3-22(28)30/h4-7,13-14H,2-3,8-12H2,1H3. The van der Waals surface area contributed by atoms with Gasteiger partial charge in [0.25, 0.3) is 5.91 Å². The van der Waals surface area contributed by atoms with Gasteiger partial charge in [0.1, 0.15) is 5.82 Å². The molecule has 0 N–H and O–H groups in total. The van der Waals surface area contributed by atoms with Gasteiger partial charge in [-0.3, -0.25) is 14.4 Å². The van der Waals surface area contributed by atoms with Crippen LogP contribution in [0.3, 0.4) is 0 Å². The number of rotatable bonds is 4. The number of hydrogen-bond donors (Lipinski definition) is 0. The molecule has 4 rings (SSSR count). The van der Waals surface area contributed by atoms with Crippen LogP contribution in [-0.4, -0.2) is 55.2 Å².